The first-order valence-corrected chi connectivity index (χ1v) is 13.7. The van der Waals surface area contributed by atoms with Crippen LogP contribution in [0.5, 0.6) is 0 Å². The quantitative estimate of drug-likeness (QED) is 0.320. The van der Waals surface area contributed by atoms with E-state index in [2.05, 4.69) is 5.32 Å². The van der Waals surface area contributed by atoms with Gasteiger partial charge in [-0.25, -0.2) is 9.07 Å². The molecule has 0 saturated carbocycles. The van der Waals surface area contributed by atoms with Crippen molar-refractivity contribution in [3.63, 3.8) is 0 Å². The molecule has 194 valence electrons. The van der Waals surface area contributed by atoms with Crippen LogP contribution in [-0.2, 0) is 9.59 Å². The number of hydrogen-bond donors (Lipinski definition) is 1. The number of carbonyl (C=O) groups excluding carboxylic acids is 2. The highest BCUT2D eigenvalue weighted by atomic mass is 35.5. The SMILES string of the molecule is CC(C)NC(=O)CN1C(=O)CS[C@H](c2ccc(F)cc2)c2c(-c3ccccc3)nn(-c3ccccc3Cl)c21. The van der Waals surface area contributed by atoms with Crippen LogP contribution in [0.3, 0.4) is 0 Å². The summed E-state index contributed by atoms with van der Waals surface area (Å²) < 4.78 is 15.5. The van der Waals surface area contributed by atoms with Gasteiger partial charge in [-0.1, -0.05) is 66.2 Å². The van der Waals surface area contributed by atoms with Crippen LogP contribution in [0.1, 0.15) is 30.2 Å². The molecule has 38 heavy (non-hydrogen) atoms. The summed E-state index contributed by atoms with van der Waals surface area (Å²) >= 11 is 8.06. The second-order valence-corrected chi connectivity index (χ2v) is 10.8. The Morgan fingerprint density at radius 2 is 1.76 bits per heavy atom. The Bertz CT molecular complexity index is 1470. The molecule has 1 aliphatic heterocycles. The molecule has 0 spiro atoms. The molecule has 0 bridgehead atoms. The lowest BCUT2D eigenvalue weighted by Crippen LogP contribution is -2.44. The number of rotatable bonds is 6. The molecule has 4 aromatic rings. The summed E-state index contributed by atoms with van der Waals surface area (Å²) in [6, 6.07) is 23.1. The van der Waals surface area contributed by atoms with Gasteiger partial charge in [0.25, 0.3) is 0 Å². The summed E-state index contributed by atoms with van der Waals surface area (Å²) in [6.07, 6.45) is 0. The van der Waals surface area contributed by atoms with E-state index in [9.17, 15) is 14.0 Å². The number of benzene rings is 3. The molecule has 1 N–H and O–H groups in total. The Kier molecular flexibility index (Phi) is 7.53. The number of nitrogens with one attached hydrogen (secondary N) is 1. The average Bonchev–Trinajstić information content (AvgIpc) is 3.22. The number of anilines is 1. The minimum atomic E-state index is -0.348. The van der Waals surface area contributed by atoms with Crippen molar-refractivity contribution >= 4 is 41.0 Å². The van der Waals surface area contributed by atoms with Gasteiger partial charge in [0, 0.05) is 17.2 Å². The number of thioether (sulfide) groups is 1. The predicted molar refractivity (Wildman–Crippen MR) is 150 cm³/mol. The van der Waals surface area contributed by atoms with Crippen LogP contribution in [-0.4, -0.2) is 39.9 Å². The number of halogens is 2. The summed E-state index contributed by atoms with van der Waals surface area (Å²) in [4.78, 5) is 28.1. The molecule has 2 heterocycles. The van der Waals surface area contributed by atoms with Gasteiger partial charge in [-0.05, 0) is 43.7 Å². The summed E-state index contributed by atoms with van der Waals surface area (Å²) in [7, 11) is 0. The van der Waals surface area contributed by atoms with E-state index in [-0.39, 0.29) is 41.2 Å². The molecule has 0 fully saturated rings. The van der Waals surface area contributed by atoms with Crippen molar-refractivity contribution < 1.29 is 14.0 Å². The molecule has 3 aromatic carbocycles. The highest BCUT2D eigenvalue weighted by molar-refractivity contribution is 8.00. The summed E-state index contributed by atoms with van der Waals surface area (Å²) in [5.41, 5.74) is 3.68. The molecular weight excluding hydrogens is 523 g/mol. The molecular formula is C29H26ClFN4O2S. The number of para-hydroxylation sites is 1. The van der Waals surface area contributed by atoms with Crippen LogP contribution in [0.15, 0.2) is 78.9 Å². The third kappa shape index (κ3) is 5.19. The standard InChI is InChI=1S/C29H26ClFN4O2S/c1-18(2)32-24(36)16-34-25(37)17-38-28(20-12-14-21(31)15-13-20)26-27(19-8-4-3-5-9-19)33-35(29(26)34)23-11-7-6-10-22(23)30/h3-15,18,28H,16-17H2,1-2H3,(H,32,36)/t28-/m1/s1. The minimum Gasteiger partial charge on any atom is -0.352 e. The molecule has 0 radical (unpaired) electrons. The second-order valence-electron chi connectivity index (χ2n) is 9.26. The highest BCUT2D eigenvalue weighted by Gasteiger charge is 2.38. The van der Waals surface area contributed by atoms with E-state index in [0.717, 1.165) is 16.7 Å². The third-order valence-corrected chi connectivity index (χ3v) is 7.72. The fourth-order valence-corrected chi connectivity index (χ4v) is 5.95. The second kappa shape index (κ2) is 11.0. The zero-order valence-corrected chi connectivity index (χ0v) is 22.5. The maximum absolute atomic E-state index is 13.9. The Morgan fingerprint density at radius 1 is 1.08 bits per heavy atom. The van der Waals surface area contributed by atoms with Crippen molar-refractivity contribution in [3.8, 4) is 16.9 Å². The average molecular weight is 549 g/mol. The maximum atomic E-state index is 13.9. The Hall–Kier alpha value is -3.62. The molecule has 9 heteroatoms. The predicted octanol–water partition coefficient (Wildman–Crippen LogP) is 6.03. The number of hydrogen-bond acceptors (Lipinski definition) is 4. The first kappa shape index (κ1) is 26.0. The van der Waals surface area contributed by atoms with Gasteiger partial charge in [-0.2, -0.15) is 5.10 Å². The van der Waals surface area contributed by atoms with E-state index in [1.807, 2.05) is 62.4 Å². The lowest BCUT2D eigenvalue weighted by atomic mass is 9.99. The smallest absolute Gasteiger partial charge is 0.240 e. The maximum Gasteiger partial charge on any atom is 0.240 e. The van der Waals surface area contributed by atoms with E-state index in [4.69, 9.17) is 16.7 Å². The molecule has 1 atom stereocenters. The van der Waals surface area contributed by atoms with Crippen LogP contribution in [0, 0.1) is 5.82 Å². The summed E-state index contributed by atoms with van der Waals surface area (Å²) in [5, 5.41) is 7.99. The zero-order chi connectivity index (χ0) is 26.8. The van der Waals surface area contributed by atoms with Gasteiger partial charge in [0.15, 0.2) is 0 Å². The van der Waals surface area contributed by atoms with E-state index in [1.54, 1.807) is 22.9 Å². The van der Waals surface area contributed by atoms with Crippen LogP contribution < -0.4 is 10.2 Å². The van der Waals surface area contributed by atoms with Gasteiger partial charge in [0.05, 0.1) is 27.4 Å². The van der Waals surface area contributed by atoms with Crippen LogP contribution in [0.2, 0.25) is 5.02 Å². The Labute approximate surface area is 229 Å². The fraction of sp³-hybridized carbons (Fsp3) is 0.207. The summed E-state index contributed by atoms with van der Waals surface area (Å²) in [6.45, 7) is 3.57. The molecule has 5 rings (SSSR count). The van der Waals surface area contributed by atoms with Gasteiger partial charge in [0.2, 0.25) is 11.8 Å². The molecule has 2 amide bonds. The Balaban J connectivity index is 1.81. The molecule has 0 unspecified atom stereocenters. The third-order valence-electron chi connectivity index (χ3n) is 6.14. The minimum absolute atomic E-state index is 0.0845. The topological polar surface area (TPSA) is 67.2 Å². The van der Waals surface area contributed by atoms with Crippen LogP contribution in [0.4, 0.5) is 10.2 Å². The van der Waals surface area contributed by atoms with E-state index >= 15 is 0 Å². The van der Waals surface area contributed by atoms with Crippen LogP contribution in [0.25, 0.3) is 16.9 Å². The van der Waals surface area contributed by atoms with Crippen molar-refractivity contribution in [3.05, 3.63) is 101 Å². The zero-order valence-electron chi connectivity index (χ0n) is 20.9. The lowest BCUT2D eigenvalue weighted by Gasteiger charge is -2.24. The van der Waals surface area contributed by atoms with Crippen molar-refractivity contribution in [2.75, 3.05) is 17.2 Å². The van der Waals surface area contributed by atoms with Crippen LogP contribution >= 0.6 is 23.4 Å². The van der Waals surface area contributed by atoms with Crippen molar-refractivity contribution in [1.82, 2.24) is 15.1 Å². The van der Waals surface area contributed by atoms with E-state index in [1.165, 1.54) is 28.8 Å². The van der Waals surface area contributed by atoms with Crippen molar-refractivity contribution in [1.29, 1.82) is 0 Å². The van der Waals surface area contributed by atoms with Gasteiger partial charge < -0.3 is 5.32 Å². The monoisotopic (exact) mass is 548 g/mol. The molecule has 0 aliphatic carbocycles. The molecule has 1 aromatic heterocycles. The fourth-order valence-electron chi connectivity index (χ4n) is 4.53. The molecule has 0 saturated heterocycles. The number of nitrogens with zero attached hydrogens (tertiary/aromatic N) is 3. The van der Waals surface area contributed by atoms with E-state index < -0.39 is 0 Å². The number of amides is 2. The van der Waals surface area contributed by atoms with Gasteiger partial charge in [-0.3, -0.25) is 14.5 Å². The normalized spacial score (nSPS) is 15.3. The highest BCUT2D eigenvalue weighted by Crippen LogP contribution is 2.48. The van der Waals surface area contributed by atoms with Crippen molar-refractivity contribution in [2.24, 2.45) is 0 Å². The molecule has 6 nitrogen and oxygen atoms in total. The van der Waals surface area contributed by atoms with Crippen molar-refractivity contribution in [2.45, 2.75) is 25.1 Å². The lowest BCUT2D eigenvalue weighted by molar-refractivity contribution is -0.123. The van der Waals surface area contributed by atoms with Gasteiger partial charge in [0.1, 0.15) is 18.2 Å². The van der Waals surface area contributed by atoms with Gasteiger partial charge >= 0.3 is 0 Å². The largest absolute Gasteiger partial charge is 0.352 e. The molecule has 1 aliphatic rings. The van der Waals surface area contributed by atoms with E-state index in [0.29, 0.717) is 22.2 Å². The first-order valence-electron chi connectivity index (χ1n) is 12.2. The number of fused-ring (bicyclic) bond motifs is 1. The first-order chi connectivity index (χ1) is 18.3. The number of aromatic nitrogens is 2. The van der Waals surface area contributed by atoms with Gasteiger partial charge in [-0.15, -0.1) is 11.8 Å². The Morgan fingerprint density at radius 3 is 2.45 bits per heavy atom. The number of carbonyl (C=O) groups is 2. The summed E-state index contributed by atoms with van der Waals surface area (Å²) in [5.74, 6) is -0.251.